The summed E-state index contributed by atoms with van der Waals surface area (Å²) in [7, 11) is 0. The second-order valence-electron chi connectivity index (χ2n) is 9.68. The third-order valence-corrected chi connectivity index (χ3v) is 6.17. The van der Waals surface area contributed by atoms with E-state index in [1.165, 1.54) is 12.3 Å². The highest BCUT2D eigenvalue weighted by Crippen LogP contribution is 2.43. The van der Waals surface area contributed by atoms with Gasteiger partial charge in [-0.15, -0.1) is 0 Å². The van der Waals surface area contributed by atoms with Crippen LogP contribution in [0.25, 0.3) is 0 Å². The number of aromatic amines is 1. The van der Waals surface area contributed by atoms with Crippen LogP contribution < -0.4 is 11.2 Å². The molecule has 0 radical (unpaired) electrons. The van der Waals surface area contributed by atoms with E-state index in [1.54, 1.807) is 58.0 Å². The van der Waals surface area contributed by atoms with Gasteiger partial charge in [-0.2, -0.15) is 0 Å². The molecule has 6 atom stereocenters. The van der Waals surface area contributed by atoms with Crippen molar-refractivity contribution < 1.29 is 33.2 Å². The molecule has 2 aromatic rings. The average Bonchev–Trinajstić information content (AvgIpc) is 3.07. The van der Waals surface area contributed by atoms with Crippen molar-refractivity contribution in [3.63, 3.8) is 0 Å². The van der Waals surface area contributed by atoms with Gasteiger partial charge in [-0.25, -0.2) is 9.59 Å². The van der Waals surface area contributed by atoms with Crippen molar-refractivity contribution in [1.82, 2.24) is 9.55 Å². The van der Waals surface area contributed by atoms with Crippen molar-refractivity contribution in [1.29, 1.82) is 0 Å². The van der Waals surface area contributed by atoms with Crippen LogP contribution in [0.3, 0.4) is 0 Å². The Hall–Kier alpha value is -2.83. The molecule has 11 nitrogen and oxygen atoms in total. The Kier molecular flexibility index (Phi) is 5.93. The summed E-state index contributed by atoms with van der Waals surface area (Å²) >= 11 is 0. The lowest BCUT2D eigenvalue weighted by Gasteiger charge is -2.42. The molecule has 4 unspecified atom stereocenters. The highest BCUT2D eigenvalue weighted by atomic mass is 16.8. The van der Waals surface area contributed by atoms with Crippen LogP contribution in [0.15, 0.2) is 52.2 Å². The number of fused-ring (bicyclic) bond motifs is 3. The monoisotopic (exact) mass is 488 g/mol. The van der Waals surface area contributed by atoms with Crippen molar-refractivity contribution >= 4 is 5.97 Å². The smallest absolute Gasteiger partial charge is 0.338 e. The molecule has 5 rings (SSSR count). The molecule has 3 saturated heterocycles. The zero-order valence-electron chi connectivity index (χ0n) is 19.8. The van der Waals surface area contributed by atoms with E-state index in [4.69, 9.17) is 28.4 Å². The summed E-state index contributed by atoms with van der Waals surface area (Å²) in [6.45, 7) is 7.19. The molecule has 11 heteroatoms. The lowest BCUT2D eigenvalue weighted by atomic mass is 9.99. The van der Waals surface area contributed by atoms with Gasteiger partial charge in [-0.1, -0.05) is 18.2 Å². The fraction of sp³-hybridized carbons (Fsp3) is 0.542. The van der Waals surface area contributed by atoms with Crippen LogP contribution in [0.5, 0.6) is 0 Å². The Morgan fingerprint density at radius 3 is 2.37 bits per heavy atom. The fourth-order valence-electron chi connectivity index (χ4n) is 4.70. The number of carbonyl (C=O) groups is 1. The summed E-state index contributed by atoms with van der Waals surface area (Å²) < 4.78 is 37.9. The minimum Gasteiger partial charge on any atom is -0.451 e. The Balaban J connectivity index is 1.61. The van der Waals surface area contributed by atoms with Crippen LogP contribution in [-0.2, 0) is 28.4 Å². The van der Waals surface area contributed by atoms with Crippen molar-refractivity contribution in [3.05, 3.63) is 69.0 Å². The molecule has 3 fully saturated rings. The zero-order valence-corrected chi connectivity index (χ0v) is 19.8. The summed E-state index contributed by atoms with van der Waals surface area (Å²) in [5, 5.41) is 0. The van der Waals surface area contributed by atoms with E-state index in [0.29, 0.717) is 5.56 Å². The number of ether oxygens (including phenoxy) is 6. The van der Waals surface area contributed by atoms with Gasteiger partial charge >= 0.3 is 11.7 Å². The molecule has 1 aromatic heterocycles. The minimum absolute atomic E-state index is 0.138. The minimum atomic E-state index is -1.17. The molecule has 0 spiro atoms. The van der Waals surface area contributed by atoms with Gasteiger partial charge in [0.05, 0.1) is 12.2 Å². The molecule has 4 heterocycles. The number of hydrogen-bond acceptors (Lipinski definition) is 9. The Morgan fingerprint density at radius 2 is 1.66 bits per heavy atom. The second-order valence-corrected chi connectivity index (χ2v) is 9.68. The topological polar surface area (TPSA) is 127 Å². The number of esters is 1. The van der Waals surface area contributed by atoms with Gasteiger partial charge in [0.1, 0.15) is 24.4 Å². The first kappa shape index (κ1) is 23.9. The first-order valence-corrected chi connectivity index (χ1v) is 11.4. The van der Waals surface area contributed by atoms with Gasteiger partial charge in [-0.05, 0) is 39.8 Å². The van der Waals surface area contributed by atoms with E-state index in [-0.39, 0.29) is 6.61 Å². The van der Waals surface area contributed by atoms with Crippen molar-refractivity contribution in [2.45, 2.75) is 76.0 Å². The van der Waals surface area contributed by atoms with Gasteiger partial charge in [0, 0.05) is 12.3 Å². The number of nitrogens with zero attached hydrogens (tertiary/aromatic N) is 1. The molecule has 0 amide bonds. The fourth-order valence-corrected chi connectivity index (χ4v) is 4.70. The normalized spacial score (nSPS) is 33.3. The SMILES string of the molecule is CC1(C)OCC2OC(n3ccc(=O)[nH]c3=O)C(OC(=O)c3ccccc3)[C@@H]3OC(C)(C)OC3[C@H]2O1. The zero-order chi connectivity index (χ0) is 25.0. The van der Waals surface area contributed by atoms with Crippen molar-refractivity contribution in [2.24, 2.45) is 0 Å². The Morgan fingerprint density at radius 1 is 0.971 bits per heavy atom. The van der Waals surface area contributed by atoms with Gasteiger partial charge in [0.25, 0.3) is 5.56 Å². The third-order valence-electron chi connectivity index (χ3n) is 6.17. The molecule has 3 aliphatic heterocycles. The summed E-state index contributed by atoms with van der Waals surface area (Å²) in [5.74, 6) is -2.58. The first-order chi connectivity index (χ1) is 16.5. The maximum atomic E-state index is 13.1. The number of H-pyrrole nitrogens is 1. The lowest BCUT2D eigenvalue weighted by molar-refractivity contribution is -0.332. The molecule has 1 N–H and O–H groups in total. The number of hydrogen-bond donors (Lipinski definition) is 1. The van der Waals surface area contributed by atoms with Crippen LogP contribution in [0.1, 0.15) is 44.3 Å². The van der Waals surface area contributed by atoms with Gasteiger partial charge in [0.15, 0.2) is 23.9 Å². The average molecular weight is 488 g/mol. The van der Waals surface area contributed by atoms with Crippen molar-refractivity contribution in [3.8, 4) is 0 Å². The van der Waals surface area contributed by atoms with E-state index < -0.39 is 65.5 Å². The quantitative estimate of drug-likeness (QED) is 0.637. The number of rotatable bonds is 3. The molecule has 0 saturated carbocycles. The van der Waals surface area contributed by atoms with Crippen LogP contribution in [0, 0.1) is 0 Å². The van der Waals surface area contributed by atoms with Crippen molar-refractivity contribution in [2.75, 3.05) is 6.61 Å². The first-order valence-electron chi connectivity index (χ1n) is 11.4. The van der Waals surface area contributed by atoms with E-state index in [1.807, 2.05) is 0 Å². The van der Waals surface area contributed by atoms with Gasteiger partial charge in [0.2, 0.25) is 0 Å². The standard InChI is InChI=1S/C24H28N2O9/c1-23(2)30-12-14-16(33-23)17-18(35-24(3,4)34-17)19(32-21(28)13-8-6-5-7-9-13)20(31-14)26-11-10-15(27)25-22(26)29/h5-11,14,16-20H,12H2,1-4H3,(H,25,27,29)/t14?,16-,17?,18+,19?,20?/m0/s1. The van der Waals surface area contributed by atoms with Crippen LogP contribution >= 0.6 is 0 Å². The highest BCUT2D eigenvalue weighted by molar-refractivity contribution is 5.89. The molecule has 0 bridgehead atoms. The molecule has 188 valence electrons. The van der Waals surface area contributed by atoms with Crippen LogP contribution in [0.2, 0.25) is 0 Å². The molecule has 1 aromatic carbocycles. The highest BCUT2D eigenvalue weighted by Gasteiger charge is 2.60. The van der Waals surface area contributed by atoms with E-state index >= 15 is 0 Å². The molecular formula is C24H28N2O9. The molecule has 3 aliphatic rings. The summed E-state index contributed by atoms with van der Waals surface area (Å²) in [5.41, 5.74) is -0.979. The number of benzene rings is 1. The van der Waals surface area contributed by atoms with E-state index in [9.17, 15) is 14.4 Å². The molecule has 0 aliphatic carbocycles. The molecular weight excluding hydrogens is 460 g/mol. The third kappa shape index (κ3) is 4.69. The van der Waals surface area contributed by atoms with Gasteiger partial charge in [-0.3, -0.25) is 14.3 Å². The predicted molar refractivity (Wildman–Crippen MR) is 120 cm³/mol. The second kappa shape index (κ2) is 8.68. The lowest BCUT2D eigenvalue weighted by Crippen LogP contribution is -2.55. The number of nitrogens with one attached hydrogen (secondary N) is 1. The Bertz CT molecular complexity index is 1210. The maximum absolute atomic E-state index is 13.1. The van der Waals surface area contributed by atoms with Gasteiger partial charge < -0.3 is 28.4 Å². The number of carbonyl (C=O) groups excluding carboxylic acids is 1. The molecule has 35 heavy (non-hydrogen) atoms. The summed E-state index contributed by atoms with van der Waals surface area (Å²) in [6.07, 6.45) is -3.89. The number of aromatic nitrogens is 2. The predicted octanol–water partition coefficient (Wildman–Crippen LogP) is 1.33. The van der Waals surface area contributed by atoms with Crippen LogP contribution in [0.4, 0.5) is 0 Å². The summed E-state index contributed by atoms with van der Waals surface area (Å²) in [6, 6.07) is 9.64. The van der Waals surface area contributed by atoms with E-state index in [2.05, 4.69) is 4.98 Å². The largest absolute Gasteiger partial charge is 0.451 e. The summed E-state index contributed by atoms with van der Waals surface area (Å²) in [4.78, 5) is 39.9. The van der Waals surface area contributed by atoms with Crippen LogP contribution in [-0.4, -0.2) is 64.2 Å². The maximum Gasteiger partial charge on any atom is 0.338 e. The Labute approximate surface area is 200 Å². The van der Waals surface area contributed by atoms with E-state index in [0.717, 1.165) is 4.57 Å².